The summed E-state index contributed by atoms with van der Waals surface area (Å²) in [6, 6.07) is 15.2. The van der Waals surface area contributed by atoms with Crippen molar-refractivity contribution in [2.75, 3.05) is 6.54 Å². The van der Waals surface area contributed by atoms with Crippen LogP contribution < -0.4 is 0 Å². The number of likely N-dealkylation sites (tertiary alicyclic amines) is 1. The zero-order valence-corrected chi connectivity index (χ0v) is 17.4. The lowest BCUT2D eigenvalue weighted by molar-refractivity contribution is 0.0539. The van der Waals surface area contributed by atoms with Gasteiger partial charge in [-0.2, -0.15) is 15.0 Å². The topological polar surface area (TPSA) is 68.1 Å². The SMILES string of the molecule is Cc1ccc(-n2nccn2)c(C(=O)N2CC(CC(=O)c3ccccc3)CCC2C)c1. The van der Waals surface area contributed by atoms with Gasteiger partial charge < -0.3 is 4.90 Å². The number of amides is 1. The van der Waals surface area contributed by atoms with E-state index in [1.807, 2.05) is 60.4 Å². The maximum atomic E-state index is 13.6. The second-order valence-corrected chi connectivity index (χ2v) is 8.08. The van der Waals surface area contributed by atoms with E-state index in [2.05, 4.69) is 17.1 Å². The van der Waals surface area contributed by atoms with Gasteiger partial charge in [0, 0.05) is 24.6 Å². The number of rotatable bonds is 5. The molecule has 1 aliphatic heterocycles. The quantitative estimate of drug-likeness (QED) is 0.603. The minimum absolute atomic E-state index is 0.0321. The first-order chi connectivity index (χ1) is 14.5. The Bertz CT molecular complexity index is 1030. The molecule has 2 heterocycles. The number of benzene rings is 2. The third-order valence-corrected chi connectivity index (χ3v) is 5.83. The normalized spacial score (nSPS) is 18.9. The molecule has 1 saturated heterocycles. The van der Waals surface area contributed by atoms with Crippen LogP contribution in [0.15, 0.2) is 60.9 Å². The third-order valence-electron chi connectivity index (χ3n) is 5.83. The van der Waals surface area contributed by atoms with Gasteiger partial charge in [0.05, 0.1) is 23.6 Å². The van der Waals surface area contributed by atoms with Crippen molar-refractivity contribution in [2.45, 2.75) is 39.2 Å². The maximum absolute atomic E-state index is 13.6. The molecule has 3 aromatic rings. The van der Waals surface area contributed by atoms with E-state index in [4.69, 9.17) is 0 Å². The largest absolute Gasteiger partial charge is 0.336 e. The molecule has 4 rings (SSSR count). The van der Waals surface area contributed by atoms with E-state index in [1.54, 1.807) is 12.4 Å². The molecule has 0 N–H and O–H groups in total. The highest BCUT2D eigenvalue weighted by atomic mass is 16.2. The summed E-state index contributed by atoms with van der Waals surface area (Å²) in [5.41, 5.74) is 3.01. The number of hydrogen-bond acceptors (Lipinski definition) is 4. The number of hydrogen-bond donors (Lipinski definition) is 0. The molecule has 0 spiro atoms. The van der Waals surface area contributed by atoms with Crippen LogP contribution in [0.25, 0.3) is 5.69 Å². The summed E-state index contributed by atoms with van der Waals surface area (Å²) in [6.45, 7) is 4.63. The Balaban J connectivity index is 1.55. The van der Waals surface area contributed by atoms with Crippen molar-refractivity contribution in [2.24, 2.45) is 5.92 Å². The first kappa shape index (κ1) is 20.0. The van der Waals surface area contributed by atoms with E-state index in [0.717, 1.165) is 24.0 Å². The first-order valence-electron chi connectivity index (χ1n) is 10.4. The van der Waals surface area contributed by atoms with Crippen LogP contribution in [0, 0.1) is 12.8 Å². The van der Waals surface area contributed by atoms with Gasteiger partial charge in [-0.3, -0.25) is 9.59 Å². The maximum Gasteiger partial charge on any atom is 0.256 e. The summed E-state index contributed by atoms with van der Waals surface area (Å²) >= 11 is 0. The first-order valence-corrected chi connectivity index (χ1v) is 10.4. The predicted molar refractivity (Wildman–Crippen MR) is 115 cm³/mol. The van der Waals surface area contributed by atoms with Crippen LogP contribution >= 0.6 is 0 Å². The zero-order valence-electron chi connectivity index (χ0n) is 17.4. The summed E-state index contributed by atoms with van der Waals surface area (Å²) < 4.78 is 0. The lowest BCUT2D eigenvalue weighted by Crippen LogP contribution is -2.46. The minimum atomic E-state index is -0.0321. The average molecular weight is 402 g/mol. The highest BCUT2D eigenvalue weighted by molar-refractivity contribution is 5.98. The second-order valence-electron chi connectivity index (χ2n) is 8.08. The number of ketones is 1. The van der Waals surface area contributed by atoms with Gasteiger partial charge >= 0.3 is 0 Å². The molecule has 1 amide bonds. The molecule has 1 fully saturated rings. The Labute approximate surface area is 176 Å². The molecule has 0 bridgehead atoms. The highest BCUT2D eigenvalue weighted by Crippen LogP contribution is 2.28. The van der Waals surface area contributed by atoms with E-state index in [9.17, 15) is 9.59 Å². The fourth-order valence-electron chi connectivity index (χ4n) is 4.13. The van der Waals surface area contributed by atoms with Gasteiger partial charge in [-0.15, -0.1) is 0 Å². The van der Waals surface area contributed by atoms with Crippen molar-refractivity contribution in [3.63, 3.8) is 0 Å². The van der Waals surface area contributed by atoms with E-state index < -0.39 is 0 Å². The Morgan fingerprint density at radius 1 is 1.03 bits per heavy atom. The zero-order chi connectivity index (χ0) is 21.1. The average Bonchev–Trinajstić information content (AvgIpc) is 3.30. The molecule has 6 nitrogen and oxygen atoms in total. The highest BCUT2D eigenvalue weighted by Gasteiger charge is 2.32. The van der Waals surface area contributed by atoms with Crippen molar-refractivity contribution < 1.29 is 9.59 Å². The summed E-state index contributed by atoms with van der Waals surface area (Å²) in [4.78, 5) is 29.6. The van der Waals surface area contributed by atoms with Crippen LogP contribution in [-0.4, -0.2) is 44.2 Å². The molecule has 154 valence electrons. The molecule has 30 heavy (non-hydrogen) atoms. The number of carbonyl (C=O) groups excluding carboxylic acids is 2. The van der Waals surface area contributed by atoms with Crippen molar-refractivity contribution >= 4 is 11.7 Å². The number of aryl methyl sites for hydroxylation is 1. The fourth-order valence-corrected chi connectivity index (χ4v) is 4.13. The van der Waals surface area contributed by atoms with Gasteiger partial charge in [0.2, 0.25) is 0 Å². The second kappa shape index (κ2) is 8.61. The summed E-state index contributed by atoms with van der Waals surface area (Å²) in [5, 5.41) is 8.40. The molecule has 1 aliphatic rings. The molecule has 2 aromatic carbocycles. The van der Waals surface area contributed by atoms with Crippen LogP contribution in [0.5, 0.6) is 0 Å². The van der Waals surface area contributed by atoms with Gasteiger partial charge in [0.25, 0.3) is 5.91 Å². The van der Waals surface area contributed by atoms with E-state index in [-0.39, 0.29) is 23.7 Å². The Morgan fingerprint density at radius 3 is 2.50 bits per heavy atom. The van der Waals surface area contributed by atoms with Crippen LogP contribution in [-0.2, 0) is 0 Å². The number of nitrogens with zero attached hydrogens (tertiary/aromatic N) is 4. The van der Waals surface area contributed by atoms with Gasteiger partial charge in [0.15, 0.2) is 5.78 Å². The van der Waals surface area contributed by atoms with Gasteiger partial charge in [0.1, 0.15) is 0 Å². The number of piperidine rings is 1. The molecule has 0 radical (unpaired) electrons. The van der Waals surface area contributed by atoms with E-state index >= 15 is 0 Å². The Morgan fingerprint density at radius 2 is 1.77 bits per heavy atom. The van der Waals surface area contributed by atoms with E-state index in [0.29, 0.717) is 24.2 Å². The lowest BCUT2D eigenvalue weighted by Gasteiger charge is -2.38. The Kier molecular flexibility index (Phi) is 5.74. The lowest BCUT2D eigenvalue weighted by atomic mass is 9.87. The van der Waals surface area contributed by atoms with Crippen molar-refractivity contribution in [1.29, 1.82) is 0 Å². The summed E-state index contributed by atoms with van der Waals surface area (Å²) in [7, 11) is 0. The van der Waals surface area contributed by atoms with Gasteiger partial charge in [-0.05, 0) is 44.7 Å². The van der Waals surface area contributed by atoms with Crippen LogP contribution in [0.4, 0.5) is 0 Å². The third kappa shape index (κ3) is 4.17. The smallest absolute Gasteiger partial charge is 0.256 e. The van der Waals surface area contributed by atoms with Gasteiger partial charge in [-0.25, -0.2) is 0 Å². The van der Waals surface area contributed by atoms with Crippen LogP contribution in [0.3, 0.4) is 0 Å². The van der Waals surface area contributed by atoms with Gasteiger partial charge in [-0.1, -0.05) is 42.0 Å². The van der Waals surface area contributed by atoms with Crippen LogP contribution in [0.1, 0.15) is 52.5 Å². The molecular weight excluding hydrogens is 376 g/mol. The predicted octanol–water partition coefficient (Wildman–Crippen LogP) is 4.09. The van der Waals surface area contributed by atoms with Crippen molar-refractivity contribution in [3.8, 4) is 5.69 Å². The molecule has 6 heteroatoms. The number of Topliss-reactive ketones (excluding diaryl/α,β-unsaturated/α-hetero) is 1. The van der Waals surface area contributed by atoms with Crippen molar-refractivity contribution in [1.82, 2.24) is 19.9 Å². The molecule has 0 saturated carbocycles. The van der Waals surface area contributed by atoms with Crippen molar-refractivity contribution in [3.05, 3.63) is 77.6 Å². The number of aromatic nitrogens is 3. The minimum Gasteiger partial charge on any atom is -0.336 e. The molecule has 1 aromatic heterocycles. The molecule has 0 aliphatic carbocycles. The standard InChI is InChI=1S/C24H26N4O2/c1-17-8-11-22(28-25-12-13-26-28)21(14-17)24(30)27-16-19(10-9-18(27)2)15-23(29)20-6-4-3-5-7-20/h3-8,11-14,18-19H,9-10,15-16H2,1-2H3. The fraction of sp³-hybridized carbons (Fsp3) is 0.333. The number of carbonyl (C=O) groups is 2. The van der Waals surface area contributed by atoms with E-state index in [1.165, 1.54) is 4.80 Å². The molecule has 2 atom stereocenters. The summed E-state index contributed by atoms with van der Waals surface area (Å²) in [6.07, 6.45) is 5.50. The van der Waals surface area contributed by atoms with Crippen LogP contribution in [0.2, 0.25) is 0 Å². The molecular formula is C24H26N4O2. The summed E-state index contributed by atoms with van der Waals surface area (Å²) in [5.74, 6) is 0.267. The Hall–Kier alpha value is -3.28. The molecule has 2 unspecified atom stereocenters. The monoisotopic (exact) mass is 402 g/mol.